The number of aromatic nitrogens is 1. The van der Waals surface area contributed by atoms with Gasteiger partial charge in [-0.1, -0.05) is 42.1 Å². The summed E-state index contributed by atoms with van der Waals surface area (Å²) in [4.78, 5) is 3.59. The summed E-state index contributed by atoms with van der Waals surface area (Å²) in [6.45, 7) is 6.53. The van der Waals surface area contributed by atoms with Crippen molar-refractivity contribution >= 4 is 23.5 Å². The van der Waals surface area contributed by atoms with Crippen molar-refractivity contribution in [2.45, 2.75) is 25.7 Å². The molecule has 1 aliphatic heterocycles. The van der Waals surface area contributed by atoms with Crippen molar-refractivity contribution in [3.8, 4) is 5.69 Å². The molecule has 3 heteroatoms. The third kappa shape index (κ3) is 2.93. The lowest BCUT2D eigenvalue weighted by molar-refractivity contribution is -0.610. The third-order valence-corrected chi connectivity index (χ3v) is 6.04. The number of benzene rings is 2. The molecule has 0 unspecified atom stereocenters. The van der Waals surface area contributed by atoms with E-state index in [0.717, 1.165) is 0 Å². The maximum atomic E-state index is 2.33. The number of aryl methyl sites for hydroxylation is 3. The van der Waals surface area contributed by atoms with Crippen LogP contribution in [0, 0.1) is 20.8 Å². The smallest absolute Gasteiger partial charge is 0.213 e. The third-order valence-electron chi connectivity index (χ3n) is 4.87. The summed E-state index contributed by atoms with van der Waals surface area (Å²) < 4.78 is 2.33. The van der Waals surface area contributed by atoms with Gasteiger partial charge in [-0.2, -0.15) is 4.57 Å². The normalized spacial score (nSPS) is 14.8. The van der Waals surface area contributed by atoms with Gasteiger partial charge in [-0.05, 0) is 30.7 Å². The standard InChI is InChI=1S/C23H23N2S/c1-16-9-5-6-10-20(16)25-17(2)13-19(14-18(25)3)15-23-24(4)21-11-7-8-12-22(21)26-23/h5-15H,1-4H3/q+1. The van der Waals surface area contributed by atoms with E-state index < -0.39 is 0 Å². The van der Waals surface area contributed by atoms with Gasteiger partial charge >= 0.3 is 0 Å². The minimum absolute atomic E-state index is 1.24. The van der Waals surface area contributed by atoms with E-state index >= 15 is 0 Å². The fourth-order valence-corrected chi connectivity index (χ4v) is 4.71. The molecule has 2 nitrogen and oxygen atoms in total. The van der Waals surface area contributed by atoms with E-state index in [2.05, 4.69) is 104 Å². The van der Waals surface area contributed by atoms with E-state index in [-0.39, 0.29) is 0 Å². The predicted molar refractivity (Wildman–Crippen MR) is 111 cm³/mol. The van der Waals surface area contributed by atoms with E-state index in [1.165, 1.54) is 43.8 Å². The van der Waals surface area contributed by atoms with Crippen LogP contribution in [-0.4, -0.2) is 7.05 Å². The highest BCUT2D eigenvalue weighted by Gasteiger charge is 2.22. The van der Waals surface area contributed by atoms with Gasteiger partial charge in [0.2, 0.25) is 5.69 Å². The minimum Gasteiger partial charge on any atom is -0.338 e. The molecular weight excluding hydrogens is 336 g/mol. The molecule has 0 amide bonds. The summed E-state index contributed by atoms with van der Waals surface area (Å²) in [5.41, 5.74) is 7.55. The molecule has 0 fully saturated rings. The molecule has 4 rings (SSSR count). The molecule has 2 heterocycles. The van der Waals surface area contributed by atoms with Gasteiger partial charge in [0.15, 0.2) is 11.4 Å². The van der Waals surface area contributed by atoms with Crippen LogP contribution >= 0.6 is 11.8 Å². The van der Waals surface area contributed by atoms with Gasteiger partial charge in [-0.3, -0.25) is 0 Å². The summed E-state index contributed by atoms with van der Waals surface area (Å²) >= 11 is 1.83. The Morgan fingerprint density at radius 1 is 0.885 bits per heavy atom. The number of thioether (sulfide) groups is 1. The summed E-state index contributed by atoms with van der Waals surface area (Å²) in [6.07, 6.45) is 2.28. The highest BCUT2D eigenvalue weighted by Crippen LogP contribution is 2.45. The van der Waals surface area contributed by atoms with Crippen molar-refractivity contribution < 1.29 is 4.57 Å². The summed E-state index contributed by atoms with van der Waals surface area (Å²) in [6, 6.07) is 21.6. The van der Waals surface area contributed by atoms with Gasteiger partial charge in [0.25, 0.3) is 0 Å². The van der Waals surface area contributed by atoms with Crippen LogP contribution in [0.2, 0.25) is 0 Å². The van der Waals surface area contributed by atoms with Crippen molar-refractivity contribution in [1.82, 2.24) is 0 Å². The molecule has 3 aromatic rings. The van der Waals surface area contributed by atoms with Gasteiger partial charge < -0.3 is 4.90 Å². The molecule has 0 atom stereocenters. The lowest BCUT2D eigenvalue weighted by Gasteiger charge is -2.13. The first-order valence-electron chi connectivity index (χ1n) is 8.86. The maximum absolute atomic E-state index is 2.33. The molecule has 0 spiro atoms. The molecule has 2 aromatic carbocycles. The topological polar surface area (TPSA) is 7.12 Å². The maximum Gasteiger partial charge on any atom is 0.213 e. The van der Waals surface area contributed by atoms with Crippen LogP contribution in [0.5, 0.6) is 0 Å². The number of pyridine rings is 1. The average Bonchev–Trinajstić information content (AvgIpc) is 2.92. The Balaban J connectivity index is 1.73. The van der Waals surface area contributed by atoms with Gasteiger partial charge in [-0.25, -0.2) is 0 Å². The highest BCUT2D eigenvalue weighted by molar-refractivity contribution is 8.03. The Labute approximate surface area is 159 Å². The van der Waals surface area contributed by atoms with Crippen LogP contribution < -0.4 is 9.47 Å². The van der Waals surface area contributed by atoms with Crippen LogP contribution in [0.3, 0.4) is 0 Å². The second-order valence-corrected chi connectivity index (χ2v) is 7.87. The van der Waals surface area contributed by atoms with E-state index in [1.807, 2.05) is 11.8 Å². The lowest BCUT2D eigenvalue weighted by atomic mass is 10.1. The molecule has 1 aromatic heterocycles. The van der Waals surface area contributed by atoms with E-state index in [0.29, 0.717) is 0 Å². The fourth-order valence-electron chi connectivity index (χ4n) is 3.60. The number of anilines is 1. The molecule has 1 aliphatic rings. The quantitative estimate of drug-likeness (QED) is 0.563. The predicted octanol–water partition coefficient (Wildman–Crippen LogP) is 5.43. The summed E-state index contributed by atoms with van der Waals surface area (Å²) in [7, 11) is 2.14. The molecule has 0 bridgehead atoms. The van der Waals surface area contributed by atoms with Crippen LogP contribution in [0.4, 0.5) is 5.69 Å². The molecule has 0 saturated carbocycles. The SMILES string of the molecule is Cc1ccccc1-[n+]1c(C)cc(C=C2Sc3ccccc3N2C)cc1C. The van der Waals surface area contributed by atoms with Crippen LogP contribution in [0.15, 0.2) is 70.6 Å². The monoisotopic (exact) mass is 359 g/mol. The van der Waals surface area contributed by atoms with Crippen LogP contribution in [0.25, 0.3) is 11.8 Å². The Morgan fingerprint density at radius 3 is 2.23 bits per heavy atom. The zero-order valence-corrected chi connectivity index (χ0v) is 16.5. The zero-order chi connectivity index (χ0) is 18.3. The van der Waals surface area contributed by atoms with Crippen molar-refractivity contribution in [2.75, 3.05) is 11.9 Å². The largest absolute Gasteiger partial charge is 0.338 e. The number of hydrogen-bond donors (Lipinski definition) is 0. The number of para-hydroxylation sites is 2. The summed E-state index contributed by atoms with van der Waals surface area (Å²) in [5.74, 6) is 0. The average molecular weight is 360 g/mol. The minimum atomic E-state index is 1.24. The molecule has 26 heavy (non-hydrogen) atoms. The van der Waals surface area contributed by atoms with Gasteiger partial charge in [0.1, 0.15) is 0 Å². The Bertz CT molecular complexity index is 997. The first-order valence-corrected chi connectivity index (χ1v) is 9.68. The second kappa shape index (κ2) is 6.65. The number of hydrogen-bond acceptors (Lipinski definition) is 2. The summed E-state index contributed by atoms with van der Waals surface area (Å²) in [5, 5.41) is 1.26. The van der Waals surface area contributed by atoms with Crippen LogP contribution in [0.1, 0.15) is 22.5 Å². The van der Waals surface area contributed by atoms with E-state index in [1.54, 1.807) is 0 Å². The van der Waals surface area contributed by atoms with Crippen molar-refractivity contribution in [3.05, 3.63) is 88.2 Å². The van der Waals surface area contributed by atoms with E-state index in [9.17, 15) is 0 Å². The van der Waals surface area contributed by atoms with Crippen LogP contribution in [-0.2, 0) is 0 Å². The molecule has 0 saturated heterocycles. The Hall–Kier alpha value is -2.52. The Morgan fingerprint density at radius 2 is 1.54 bits per heavy atom. The molecular formula is C23H23N2S+. The first kappa shape index (κ1) is 16.9. The van der Waals surface area contributed by atoms with Gasteiger partial charge in [0, 0.05) is 49.6 Å². The van der Waals surface area contributed by atoms with Crippen molar-refractivity contribution in [2.24, 2.45) is 0 Å². The van der Waals surface area contributed by atoms with Gasteiger partial charge in [-0.15, -0.1) is 0 Å². The number of rotatable bonds is 2. The zero-order valence-electron chi connectivity index (χ0n) is 15.7. The van der Waals surface area contributed by atoms with Gasteiger partial charge in [0.05, 0.1) is 10.7 Å². The molecule has 0 aliphatic carbocycles. The molecule has 0 N–H and O–H groups in total. The number of nitrogens with zero attached hydrogens (tertiary/aromatic N) is 2. The van der Waals surface area contributed by atoms with Crippen molar-refractivity contribution in [3.63, 3.8) is 0 Å². The number of fused-ring (bicyclic) bond motifs is 1. The van der Waals surface area contributed by atoms with E-state index in [4.69, 9.17) is 0 Å². The molecule has 0 radical (unpaired) electrons. The molecule has 130 valence electrons. The lowest BCUT2D eigenvalue weighted by Crippen LogP contribution is -2.38. The fraction of sp³-hybridized carbons (Fsp3) is 0.174. The highest BCUT2D eigenvalue weighted by atomic mass is 32.2. The van der Waals surface area contributed by atoms with Crippen molar-refractivity contribution in [1.29, 1.82) is 0 Å². The Kier molecular flexibility index (Phi) is 4.33. The second-order valence-electron chi connectivity index (χ2n) is 6.80. The first-order chi connectivity index (χ1) is 12.5.